The summed E-state index contributed by atoms with van der Waals surface area (Å²) in [6, 6.07) is 0. The quantitative estimate of drug-likeness (QED) is 0.207. The maximum atomic E-state index is 11.0. The number of rotatable bonds is 18. The molecule has 0 rings (SSSR count). The lowest BCUT2D eigenvalue weighted by molar-refractivity contribution is -0.929. The highest BCUT2D eigenvalue weighted by molar-refractivity contribution is 7.85. The molecule has 0 atom stereocenters. The predicted octanol–water partition coefficient (Wildman–Crippen LogP) is 2.78. The lowest BCUT2D eigenvalue weighted by Crippen LogP contribution is -2.52. The van der Waals surface area contributed by atoms with Crippen molar-refractivity contribution in [2.24, 2.45) is 0 Å². The maximum Gasteiger partial charge on any atom is 0.102 e. The number of unbranched alkanes of at least 4 members (excludes halogenated alkanes) is 4. The molecule has 0 saturated heterocycles. The summed E-state index contributed by atoms with van der Waals surface area (Å²) in [5.41, 5.74) is 0. The van der Waals surface area contributed by atoms with Crippen molar-refractivity contribution < 1.29 is 26.9 Å². The number of nitrogens with zero attached hydrogens (tertiary/aromatic N) is 1. The molecule has 152 valence electrons. The Morgan fingerprint density at radius 3 is 1.84 bits per heavy atom. The van der Waals surface area contributed by atoms with Crippen molar-refractivity contribution in [1.82, 2.24) is 0 Å². The van der Waals surface area contributed by atoms with Crippen LogP contribution in [0.3, 0.4) is 0 Å². The van der Waals surface area contributed by atoms with E-state index in [-0.39, 0.29) is 5.75 Å². The molecule has 6 nitrogen and oxygen atoms in total. The number of ether oxygens (including phenoxy) is 2. The van der Waals surface area contributed by atoms with E-state index in [1.165, 1.54) is 12.8 Å². The van der Waals surface area contributed by atoms with Gasteiger partial charge in [-0.1, -0.05) is 26.7 Å². The number of methoxy groups -OCH3 is 1. The Kier molecular flexibility index (Phi) is 14.8. The van der Waals surface area contributed by atoms with Crippen LogP contribution in [-0.4, -0.2) is 76.3 Å². The lowest BCUT2D eigenvalue weighted by Gasteiger charge is -2.39. The van der Waals surface area contributed by atoms with Crippen molar-refractivity contribution in [2.75, 3.05) is 58.9 Å². The van der Waals surface area contributed by atoms with Crippen molar-refractivity contribution in [2.45, 2.75) is 58.8 Å². The molecule has 0 N–H and O–H groups in total. The second kappa shape index (κ2) is 14.9. The molecule has 0 unspecified atom stereocenters. The first-order valence-corrected chi connectivity index (χ1v) is 11.3. The number of quaternary nitrogens is 1. The molecule has 0 fully saturated rings. The Morgan fingerprint density at radius 2 is 1.36 bits per heavy atom. The van der Waals surface area contributed by atoms with Crippen molar-refractivity contribution in [1.29, 1.82) is 0 Å². The smallest absolute Gasteiger partial charge is 0.102 e. The van der Waals surface area contributed by atoms with Crippen molar-refractivity contribution in [3.63, 3.8) is 0 Å². The van der Waals surface area contributed by atoms with Gasteiger partial charge in [0.15, 0.2) is 0 Å². The molecule has 0 radical (unpaired) electrons. The van der Waals surface area contributed by atoms with Crippen LogP contribution in [0.1, 0.15) is 58.8 Å². The van der Waals surface area contributed by atoms with Gasteiger partial charge >= 0.3 is 0 Å². The maximum absolute atomic E-state index is 11.0. The van der Waals surface area contributed by atoms with Gasteiger partial charge in [-0.3, -0.25) is 0 Å². The molecule has 0 saturated carbocycles. The molecule has 0 aliphatic heterocycles. The summed E-state index contributed by atoms with van der Waals surface area (Å²) in [6.45, 7) is 9.85. The topological polar surface area (TPSA) is 75.7 Å². The van der Waals surface area contributed by atoms with Crippen molar-refractivity contribution in [3.8, 4) is 0 Å². The Bertz CT molecular complexity index is 390. The summed E-state index contributed by atoms with van der Waals surface area (Å²) in [5, 5.41) is 0. The summed E-state index contributed by atoms with van der Waals surface area (Å²) >= 11 is 0. The monoisotopic (exact) mass is 381 g/mol. The van der Waals surface area contributed by atoms with Gasteiger partial charge in [-0.05, 0) is 25.7 Å². The van der Waals surface area contributed by atoms with Gasteiger partial charge in [0.2, 0.25) is 0 Å². The van der Waals surface area contributed by atoms with Gasteiger partial charge in [0.1, 0.15) is 6.54 Å². The van der Waals surface area contributed by atoms with Gasteiger partial charge in [0.05, 0.1) is 49.6 Å². The molecule has 0 spiro atoms. The first-order valence-electron chi connectivity index (χ1n) is 9.74. The van der Waals surface area contributed by atoms with Gasteiger partial charge < -0.3 is 18.5 Å². The minimum absolute atomic E-state index is 0.265. The molecule has 0 aromatic heterocycles. The zero-order chi connectivity index (χ0) is 19.0. The van der Waals surface area contributed by atoms with Gasteiger partial charge in [0, 0.05) is 19.3 Å². The van der Waals surface area contributed by atoms with Crippen LogP contribution >= 0.6 is 0 Å². The van der Waals surface area contributed by atoms with E-state index in [1.54, 1.807) is 7.11 Å². The highest BCUT2D eigenvalue weighted by Gasteiger charge is 2.26. The zero-order valence-electron chi connectivity index (χ0n) is 16.5. The fraction of sp³-hybridized carbons (Fsp3) is 1.00. The minimum atomic E-state index is -4.14. The molecule has 0 aliphatic carbocycles. The summed E-state index contributed by atoms with van der Waals surface area (Å²) in [6.07, 6.45) is 7.37. The molecule has 0 aromatic rings. The van der Waals surface area contributed by atoms with E-state index in [2.05, 4.69) is 13.8 Å². The standard InChI is InChI=1S/C18H39NO5S/c1-4-6-8-11-19(12-9-7-5-2,13-10-18-25(20,21)22)14-15-24-17-16-23-3/h4-18H2,1-3H3. The van der Waals surface area contributed by atoms with E-state index in [1.807, 2.05) is 0 Å². The first-order chi connectivity index (χ1) is 11.9. The second-order valence-corrected chi connectivity index (χ2v) is 8.39. The summed E-state index contributed by atoms with van der Waals surface area (Å²) in [7, 11) is -2.48. The molecule has 0 aliphatic rings. The Labute approximate surface area is 155 Å². The van der Waals surface area contributed by atoms with Crippen LogP contribution in [0.15, 0.2) is 0 Å². The van der Waals surface area contributed by atoms with Crippen LogP contribution in [-0.2, 0) is 19.6 Å². The van der Waals surface area contributed by atoms with E-state index in [9.17, 15) is 13.0 Å². The average molecular weight is 382 g/mol. The number of hydrogen-bond acceptors (Lipinski definition) is 5. The molecule has 7 heteroatoms. The molecule has 0 amide bonds. The highest BCUT2D eigenvalue weighted by atomic mass is 32.2. The lowest BCUT2D eigenvalue weighted by atomic mass is 10.1. The fourth-order valence-electron chi connectivity index (χ4n) is 3.14. The molecule has 0 bridgehead atoms. The molecular formula is C18H39NO5S. The molecule has 0 heterocycles. The molecule has 25 heavy (non-hydrogen) atoms. The second-order valence-electron chi connectivity index (χ2n) is 6.87. The minimum Gasteiger partial charge on any atom is -0.748 e. The average Bonchev–Trinajstić information content (AvgIpc) is 2.54. The van der Waals surface area contributed by atoms with Gasteiger partial charge in [-0.2, -0.15) is 0 Å². The van der Waals surface area contributed by atoms with Gasteiger partial charge in [-0.15, -0.1) is 0 Å². The highest BCUT2D eigenvalue weighted by Crippen LogP contribution is 2.15. The molecular weight excluding hydrogens is 342 g/mol. The van der Waals surface area contributed by atoms with Crippen LogP contribution in [0, 0.1) is 0 Å². The Morgan fingerprint density at radius 1 is 0.800 bits per heavy atom. The largest absolute Gasteiger partial charge is 0.748 e. The van der Waals surface area contributed by atoms with Crippen LogP contribution in [0.2, 0.25) is 0 Å². The Balaban J connectivity index is 4.77. The van der Waals surface area contributed by atoms with E-state index in [0.29, 0.717) is 26.2 Å². The van der Waals surface area contributed by atoms with E-state index < -0.39 is 10.1 Å². The van der Waals surface area contributed by atoms with Crippen LogP contribution in [0.25, 0.3) is 0 Å². The van der Waals surface area contributed by atoms with Gasteiger partial charge in [-0.25, -0.2) is 8.42 Å². The van der Waals surface area contributed by atoms with Crippen molar-refractivity contribution >= 4 is 10.1 Å². The summed E-state index contributed by atoms with van der Waals surface area (Å²) in [5.74, 6) is -0.265. The van der Waals surface area contributed by atoms with E-state index in [4.69, 9.17) is 9.47 Å². The van der Waals surface area contributed by atoms with E-state index in [0.717, 1.165) is 56.3 Å². The third-order valence-corrected chi connectivity index (χ3v) is 5.43. The van der Waals surface area contributed by atoms with Crippen LogP contribution in [0.5, 0.6) is 0 Å². The summed E-state index contributed by atoms with van der Waals surface area (Å²) in [4.78, 5) is 0. The Hall–Kier alpha value is -0.210. The molecule has 0 aromatic carbocycles. The third-order valence-electron chi connectivity index (χ3n) is 4.64. The summed E-state index contributed by atoms with van der Waals surface area (Å²) < 4.78 is 44.4. The number of hydrogen-bond donors (Lipinski definition) is 0. The normalized spacial score (nSPS) is 12.6. The SMILES string of the molecule is CCCCC[N+](CCCCC)(CCCS(=O)(=O)[O-])CCOCCOC. The predicted molar refractivity (Wildman–Crippen MR) is 101 cm³/mol. The van der Waals surface area contributed by atoms with Crippen LogP contribution in [0.4, 0.5) is 0 Å². The van der Waals surface area contributed by atoms with Crippen molar-refractivity contribution in [3.05, 3.63) is 0 Å². The third kappa shape index (κ3) is 14.6. The zero-order valence-corrected chi connectivity index (χ0v) is 17.3. The fourth-order valence-corrected chi connectivity index (χ4v) is 3.63. The van der Waals surface area contributed by atoms with Gasteiger partial charge in [0.25, 0.3) is 0 Å². The van der Waals surface area contributed by atoms with E-state index >= 15 is 0 Å². The first kappa shape index (κ1) is 24.8. The van der Waals surface area contributed by atoms with Crippen LogP contribution < -0.4 is 0 Å².